The van der Waals surface area contributed by atoms with E-state index in [0.29, 0.717) is 12.5 Å². The van der Waals surface area contributed by atoms with Crippen molar-refractivity contribution in [3.8, 4) is 24.3 Å². The fourth-order valence-corrected chi connectivity index (χ4v) is 5.48. The molecule has 0 radical (unpaired) electrons. The summed E-state index contributed by atoms with van der Waals surface area (Å²) < 4.78 is 11.4. The van der Waals surface area contributed by atoms with Gasteiger partial charge in [-0.3, -0.25) is 4.79 Å². The minimum Gasteiger partial charge on any atom is -0.493 e. The second kappa shape index (κ2) is 19.2. The van der Waals surface area contributed by atoms with Crippen molar-refractivity contribution >= 4 is 5.91 Å². The molecule has 0 aromatic heterocycles. The van der Waals surface area contributed by atoms with E-state index in [9.17, 15) is 4.79 Å². The van der Waals surface area contributed by atoms with Gasteiger partial charge in [-0.25, -0.2) is 0 Å². The van der Waals surface area contributed by atoms with E-state index in [1.54, 1.807) is 7.11 Å². The number of benzene rings is 2. The van der Waals surface area contributed by atoms with Crippen molar-refractivity contribution in [2.75, 3.05) is 39.9 Å². The van der Waals surface area contributed by atoms with Gasteiger partial charge in [-0.15, -0.1) is 12.8 Å². The third-order valence-electron chi connectivity index (χ3n) is 7.40. The molecule has 0 bridgehead atoms. The number of nitrogens with zero attached hydrogens (tertiary/aromatic N) is 1. The monoisotopic (exact) mass is 521 g/mol. The first-order valence-electron chi connectivity index (χ1n) is 14.5. The van der Waals surface area contributed by atoms with Crippen molar-refractivity contribution in [2.24, 2.45) is 5.92 Å². The zero-order valence-corrected chi connectivity index (χ0v) is 23.7. The Balaban J connectivity index is 0.000000294. The minimum absolute atomic E-state index is 0.0365. The fraction of sp³-hybridized carbons (Fsp3) is 0.545. The SMILES string of the molecule is C#C.C1CCCCC1.CCOc1c(OC)cccc1[C@@H]1C[NH2+]CC1C(=O)N1CCCCC1.c1ccccc1. The highest BCUT2D eigenvalue weighted by molar-refractivity contribution is 5.80. The first-order chi connectivity index (χ1) is 18.8. The van der Waals surface area contributed by atoms with Crippen LogP contribution in [0.2, 0.25) is 0 Å². The second-order valence-corrected chi connectivity index (χ2v) is 9.95. The van der Waals surface area contributed by atoms with Crippen molar-refractivity contribution in [3.63, 3.8) is 0 Å². The maximum atomic E-state index is 13.0. The smallest absolute Gasteiger partial charge is 0.232 e. The Hall–Kier alpha value is -2.97. The van der Waals surface area contributed by atoms with Crippen LogP contribution in [0.4, 0.5) is 0 Å². The summed E-state index contributed by atoms with van der Waals surface area (Å²) in [5, 5.41) is 2.26. The van der Waals surface area contributed by atoms with E-state index in [2.05, 4.69) is 29.1 Å². The molecule has 2 saturated heterocycles. The van der Waals surface area contributed by atoms with E-state index in [0.717, 1.165) is 56.1 Å². The van der Waals surface area contributed by atoms with Gasteiger partial charge in [-0.1, -0.05) is 87.1 Å². The van der Waals surface area contributed by atoms with Crippen LogP contribution in [0, 0.1) is 18.8 Å². The maximum Gasteiger partial charge on any atom is 0.232 e. The van der Waals surface area contributed by atoms with Gasteiger partial charge in [0.1, 0.15) is 0 Å². The highest BCUT2D eigenvalue weighted by Gasteiger charge is 2.41. The first-order valence-corrected chi connectivity index (χ1v) is 14.5. The molecule has 2 heterocycles. The van der Waals surface area contributed by atoms with Crippen LogP contribution in [-0.2, 0) is 4.79 Å². The molecular formula is C33H49N2O3+. The van der Waals surface area contributed by atoms with Gasteiger partial charge >= 0.3 is 0 Å². The normalized spacial score (nSPS) is 20.3. The summed E-state index contributed by atoms with van der Waals surface area (Å²) in [7, 11) is 1.67. The van der Waals surface area contributed by atoms with E-state index >= 15 is 0 Å². The summed E-state index contributed by atoms with van der Waals surface area (Å²) >= 11 is 0. The number of rotatable bonds is 5. The minimum atomic E-state index is 0.0365. The van der Waals surface area contributed by atoms with Crippen LogP contribution in [0.3, 0.4) is 0 Å². The first kappa shape index (κ1) is 31.2. The molecule has 1 unspecified atom stereocenters. The summed E-state index contributed by atoms with van der Waals surface area (Å²) in [6.45, 7) is 6.19. The topological polar surface area (TPSA) is 55.4 Å². The average molecular weight is 522 g/mol. The highest BCUT2D eigenvalue weighted by atomic mass is 16.5. The highest BCUT2D eigenvalue weighted by Crippen LogP contribution is 2.39. The van der Waals surface area contributed by atoms with Crippen molar-refractivity contribution in [1.82, 2.24) is 4.90 Å². The van der Waals surface area contributed by atoms with Crippen LogP contribution < -0.4 is 14.8 Å². The molecule has 208 valence electrons. The molecule has 2 N–H and O–H groups in total. The third-order valence-corrected chi connectivity index (χ3v) is 7.40. The standard InChI is InChI=1S/C19H28N2O3.C6H12.C6H6.C2H2/c1-3-24-18-14(8-7-9-17(18)23-2)15-12-20-13-16(15)19(22)21-10-5-4-6-11-21;2*1-2-4-6-5-3-1;1-2/h7-9,15-16,20H,3-6,10-13H2,1-2H3;1-6H2;1-6H;1-2H/p+1/t15-,16?;;;/m0.../s1. The van der Waals surface area contributed by atoms with Crippen LogP contribution >= 0.6 is 0 Å². The number of carbonyl (C=O) groups excluding carboxylic acids is 1. The summed E-state index contributed by atoms with van der Waals surface area (Å²) in [6, 6.07) is 18.0. The molecule has 5 nitrogen and oxygen atoms in total. The van der Waals surface area contributed by atoms with Gasteiger partial charge in [0.15, 0.2) is 11.5 Å². The van der Waals surface area contributed by atoms with Gasteiger partial charge in [0, 0.05) is 18.7 Å². The molecule has 5 rings (SSSR count). The molecule has 2 atom stereocenters. The molecule has 1 amide bonds. The molecule has 1 aliphatic carbocycles. The number of nitrogens with two attached hydrogens (primary N) is 1. The second-order valence-electron chi connectivity index (χ2n) is 9.95. The van der Waals surface area contributed by atoms with Crippen LogP contribution in [0.1, 0.15) is 76.2 Å². The Labute approximate surface area is 231 Å². The van der Waals surface area contributed by atoms with Gasteiger partial charge in [0.25, 0.3) is 0 Å². The fourth-order valence-electron chi connectivity index (χ4n) is 5.48. The lowest BCUT2D eigenvalue weighted by atomic mass is 9.86. The summed E-state index contributed by atoms with van der Waals surface area (Å²) in [5.41, 5.74) is 1.11. The molecule has 2 aromatic rings. The number of piperidine rings is 1. The summed E-state index contributed by atoms with van der Waals surface area (Å²) in [5.74, 6) is 2.11. The number of carbonyl (C=O) groups is 1. The lowest BCUT2D eigenvalue weighted by Crippen LogP contribution is -2.81. The average Bonchev–Trinajstić information content (AvgIpc) is 3.51. The van der Waals surface area contributed by atoms with Gasteiger partial charge in [0.2, 0.25) is 5.91 Å². The Bertz CT molecular complexity index is 867. The number of hydrogen-bond acceptors (Lipinski definition) is 3. The van der Waals surface area contributed by atoms with Crippen molar-refractivity contribution < 1.29 is 19.6 Å². The van der Waals surface area contributed by atoms with E-state index in [1.807, 2.05) is 55.5 Å². The Morgan fingerprint density at radius 1 is 0.842 bits per heavy atom. The lowest BCUT2D eigenvalue weighted by molar-refractivity contribution is -0.638. The maximum absolute atomic E-state index is 13.0. The molecule has 3 aliphatic rings. The van der Waals surface area contributed by atoms with E-state index < -0.39 is 0 Å². The number of terminal acetylenes is 1. The van der Waals surface area contributed by atoms with Crippen LogP contribution in [0.15, 0.2) is 54.6 Å². The number of hydrogen-bond donors (Lipinski definition) is 1. The number of methoxy groups -OCH3 is 1. The summed E-state index contributed by atoms with van der Waals surface area (Å²) in [4.78, 5) is 15.1. The van der Waals surface area contributed by atoms with E-state index in [-0.39, 0.29) is 11.8 Å². The molecule has 5 heteroatoms. The van der Waals surface area contributed by atoms with Crippen molar-refractivity contribution in [1.29, 1.82) is 0 Å². The molecule has 1 saturated carbocycles. The quantitative estimate of drug-likeness (QED) is 0.517. The number of likely N-dealkylation sites (tertiary alicyclic amines) is 1. The largest absolute Gasteiger partial charge is 0.493 e. The molecular weight excluding hydrogens is 472 g/mol. The molecule has 38 heavy (non-hydrogen) atoms. The van der Waals surface area contributed by atoms with Crippen LogP contribution in [0.25, 0.3) is 0 Å². The van der Waals surface area contributed by atoms with Gasteiger partial charge in [0.05, 0.1) is 38.6 Å². The van der Waals surface area contributed by atoms with Crippen LogP contribution in [-0.4, -0.2) is 50.7 Å². The number of amides is 1. The van der Waals surface area contributed by atoms with Crippen molar-refractivity contribution in [2.45, 2.75) is 70.6 Å². The lowest BCUT2D eigenvalue weighted by Gasteiger charge is -2.30. The molecule has 0 spiro atoms. The van der Waals surface area contributed by atoms with Gasteiger partial charge < -0.3 is 19.7 Å². The van der Waals surface area contributed by atoms with Crippen molar-refractivity contribution in [3.05, 3.63) is 60.2 Å². The Morgan fingerprint density at radius 3 is 1.87 bits per heavy atom. The predicted molar refractivity (Wildman–Crippen MR) is 157 cm³/mol. The number of quaternary nitrogens is 1. The number of ether oxygens (including phenoxy) is 2. The Morgan fingerprint density at radius 2 is 1.37 bits per heavy atom. The third kappa shape index (κ3) is 10.1. The zero-order valence-electron chi connectivity index (χ0n) is 23.7. The molecule has 2 aliphatic heterocycles. The van der Waals surface area contributed by atoms with Gasteiger partial charge in [-0.2, -0.15) is 0 Å². The van der Waals surface area contributed by atoms with Crippen LogP contribution in [0.5, 0.6) is 11.5 Å². The summed E-state index contributed by atoms with van der Waals surface area (Å²) in [6.07, 6.45) is 20.5. The van der Waals surface area contributed by atoms with Gasteiger partial charge in [-0.05, 0) is 32.3 Å². The zero-order chi connectivity index (χ0) is 27.4. The van der Waals surface area contributed by atoms with E-state index in [4.69, 9.17) is 9.47 Å². The Kier molecular flexibility index (Phi) is 15.7. The predicted octanol–water partition coefficient (Wildman–Crippen LogP) is 5.66. The molecule has 3 fully saturated rings. The number of para-hydroxylation sites is 1. The van der Waals surface area contributed by atoms with E-state index in [1.165, 1.54) is 44.9 Å². The molecule has 2 aromatic carbocycles.